The van der Waals surface area contributed by atoms with E-state index in [-0.39, 0.29) is 0 Å². The summed E-state index contributed by atoms with van der Waals surface area (Å²) in [6.45, 7) is 0. The number of pyridine rings is 3. The Bertz CT molecular complexity index is 2480. The normalized spacial score (nSPS) is 11.6. The van der Waals surface area contributed by atoms with Gasteiger partial charge in [0.1, 0.15) is 5.65 Å². The molecule has 0 saturated carbocycles. The molecule has 0 bridgehead atoms. The number of aromatic nitrogens is 4. The molecule has 0 atom stereocenters. The third-order valence-corrected chi connectivity index (χ3v) is 8.69. The zero-order chi connectivity index (χ0) is 29.7. The minimum atomic E-state index is 0.844. The quantitative estimate of drug-likeness (QED) is 0.196. The van der Waals surface area contributed by atoms with E-state index in [0.717, 1.165) is 56.0 Å². The molecule has 4 heteroatoms. The number of hydrogen-bond acceptors (Lipinski definition) is 3. The zero-order valence-corrected chi connectivity index (χ0v) is 24.3. The summed E-state index contributed by atoms with van der Waals surface area (Å²) in [4.78, 5) is 14.6. The van der Waals surface area contributed by atoms with Gasteiger partial charge in [-0.3, -0.25) is 9.55 Å². The molecule has 9 rings (SSSR count). The summed E-state index contributed by atoms with van der Waals surface area (Å²) in [6.07, 6.45) is 3.68. The summed E-state index contributed by atoms with van der Waals surface area (Å²) < 4.78 is 2.24. The second-order valence-corrected chi connectivity index (χ2v) is 11.3. The molecular weight excluding hydrogens is 548 g/mol. The van der Waals surface area contributed by atoms with Gasteiger partial charge in [0.05, 0.1) is 22.6 Å². The lowest BCUT2D eigenvalue weighted by atomic mass is 9.94. The zero-order valence-electron chi connectivity index (χ0n) is 24.3. The first-order chi connectivity index (χ1) is 22.3. The molecule has 0 amide bonds. The van der Waals surface area contributed by atoms with Gasteiger partial charge in [-0.25, -0.2) is 9.97 Å². The molecule has 0 saturated heterocycles. The van der Waals surface area contributed by atoms with Crippen molar-refractivity contribution >= 4 is 43.5 Å². The number of nitrogens with zero attached hydrogens (tertiary/aromatic N) is 4. The Morgan fingerprint density at radius 2 is 1.11 bits per heavy atom. The molecule has 0 N–H and O–H groups in total. The van der Waals surface area contributed by atoms with Crippen molar-refractivity contribution in [2.24, 2.45) is 0 Å². The molecule has 45 heavy (non-hydrogen) atoms. The Hall–Kier alpha value is -6.13. The van der Waals surface area contributed by atoms with E-state index in [4.69, 9.17) is 9.97 Å². The van der Waals surface area contributed by atoms with Gasteiger partial charge in [-0.1, -0.05) is 84.9 Å². The third kappa shape index (κ3) is 4.19. The van der Waals surface area contributed by atoms with Crippen molar-refractivity contribution in [3.63, 3.8) is 0 Å². The SMILES string of the molecule is c1ccc(-c2cc(-c3ccc(-n4c5ccccc5c5cccnc54)cc3)cc(-c3cc4ccccc4c4ccccc34)n2)nc1. The minimum Gasteiger partial charge on any atom is -0.294 e. The number of fused-ring (bicyclic) bond motifs is 6. The van der Waals surface area contributed by atoms with E-state index in [1.165, 1.54) is 26.9 Å². The van der Waals surface area contributed by atoms with Crippen LogP contribution in [0.4, 0.5) is 0 Å². The van der Waals surface area contributed by atoms with E-state index in [0.29, 0.717) is 0 Å². The number of para-hydroxylation sites is 1. The van der Waals surface area contributed by atoms with E-state index < -0.39 is 0 Å². The van der Waals surface area contributed by atoms with E-state index in [1.54, 1.807) is 0 Å². The van der Waals surface area contributed by atoms with Crippen LogP contribution in [0, 0.1) is 0 Å². The van der Waals surface area contributed by atoms with Gasteiger partial charge in [-0.05, 0) is 93.3 Å². The van der Waals surface area contributed by atoms with Crippen molar-refractivity contribution in [3.05, 3.63) is 158 Å². The first kappa shape index (κ1) is 25.4. The van der Waals surface area contributed by atoms with Gasteiger partial charge < -0.3 is 0 Å². The standard InChI is InChI=1S/C41H26N4/c1-2-11-31-28(10-1)24-36(33-13-4-3-12-32(31)33)38-25-29(26-39(44-38)37-16-7-8-22-42-37)27-18-20-30(21-19-27)45-40-17-6-5-14-34(40)35-15-9-23-43-41(35)45/h1-26H. The molecule has 5 aromatic carbocycles. The Morgan fingerprint density at radius 3 is 1.96 bits per heavy atom. The number of rotatable bonds is 4. The highest BCUT2D eigenvalue weighted by atomic mass is 15.0. The Kier molecular flexibility index (Phi) is 5.78. The van der Waals surface area contributed by atoms with Gasteiger partial charge in [0, 0.05) is 34.4 Å². The van der Waals surface area contributed by atoms with Crippen LogP contribution in [0.2, 0.25) is 0 Å². The van der Waals surface area contributed by atoms with E-state index in [2.05, 4.69) is 131 Å². The molecule has 0 aliphatic rings. The van der Waals surface area contributed by atoms with Gasteiger partial charge in [-0.15, -0.1) is 0 Å². The second-order valence-electron chi connectivity index (χ2n) is 11.3. The Morgan fingerprint density at radius 1 is 0.422 bits per heavy atom. The lowest BCUT2D eigenvalue weighted by Gasteiger charge is -2.14. The molecule has 0 unspecified atom stereocenters. The first-order valence-electron chi connectivity index (χ1n) is 15.1. The number of benzene rings is 5. The molecule has 9 aromatic rings. The van der Waals surface area contributed by atoms with Crippen LogP contribution in [0.3, 0.4) is 0 Å². The molecule has 4 heterocycles. The van der Waals surface area contributed by atoms with Crippen LogP contribution in [0.15, 0.2) is 158 Å². The van der Waals surface area contributed by atoms with E-state index in [9.17, 15) is 0 Å². The minimum absolute atomic E-state index is 0.844. The van der Waals surface area contributed by atoms with Gasteiger partial charge in [0.2, 0.25) is 0 Å². The monoisotopic (exact) mass is 574 g/mol. The fourth-order valence-electron chi connectivity index (χ4n) is 6.61. The second kappa shape index (κ2) is 10.2. The van der Waals surface area contributed by atoms with Crippen LogP contribution in [0.1, 0.15) is 0 Å². The lowest BCUT2D eigenvalue weighted by molar-refractivity contribution is 1.14. The smallest absolute Gasteiger partial charge is 0.145 e. The van der Waals surface area contributed by atoms with Crippen molar-refractivity contribution in [3.8, 4) is 39.5 Å². The topological polar surface area (TPSA) is 43.6 Å². The van der Waals surface area contributed by atoms with E-state index >= 15 is 0 Å². The lowest BCUT2D eigenvalue weighted by Crippen LogP contribution is -1.96. The molecule has 4 aromatic heterocycles. The highest BCUT2D eigenvalue weighted by Gasteiger charge is 2.15. The maximum absolute atomic E-state index is 5.21. The fraction of sp³-hybridized carbons (Fsp3) is 0. The molecular formula is C41H26N4. The molecule has 0 radical (unpaired) electrons. The molecule has 0 spiro atoms. The summed E-state index contributed by atoms with van der Waals surface area (Å²) >= 11 is 0. The van der Waals surface area contributed by atoms with Crippen molar-refractivity contribution in [1.29, 1.82) is 0 Å². The fourth-order valence-corrected chi connectivity index (χ4v) is 6.61. The van der Waals surface area contributed by atoms with Gasteiger partial charge in [0.25, 0.3) is 0 Å². The van der Waals surface area contributed by atoms with Crippen LogP contribution in [-0.2, 0) is 0 Å². The summed E-state index contributed by atoms with van der Waals surface area (Å²) in [5.74, 6) is 0. The van der Waals surface area contributed by atoms with Crippen LogP contribution in [-0.4, -0.2) is 19.5 Å². The molecule has 0 aliphatic heterocycles. The average molecular weight is 575 g/mol. The van der Waals surface area contributed by atoms with E-state index in [1.807, 2.05) is 36.7 Å². The summed E-state index contributed by atoms with van der Waals surface area (Å²) in [7, 11) is 0. The maximum atomic E-state index is 5.21. The van der Waals surface area contributed by atoms with Gasteiger partial charge >= 0.3 is 0 Å². The first-order valence-corrected chi connectivity index (χ1v) is 15.1. The van der Waals surface area contributed by atoms with Gasteiger partial charge in [0.15, 0.2) is 0 Å². The average Bonchev–Trinajstić information content (AvgIpc) is 3.46. The van der Waals surface area contributed by atoms with Gasteiger partial charge in [-0.2, -0.15) is 0 Å². The van der Waals surface area contributed by atoms with Crippen LogP contribution < -0.4 is 0 Å². The van der Waals surface area contributed by atoms with Crippen molar-refractivity contribution in [1.82, 2.24) is 19.5 Å². The summed E-state index contributed by atoms with van der Waals surface area (Å²) in [5, 5.41) is 7.20. The van der Waals surface area contributed by atoms with Crippen molar-refractivity contribution < 1.29 is 0 Å². The Labute approximate surface area is 259 Å². The summed E-state index contributed by atoms with van der Waals surface area (Å²) in [6, 6.07) is 51.2. The number of hydrogen-bond donors (Lipinski definition) is 0. The predicted octanol–water partition coefficient (Wildman–Crippen LogP) is 10.3. The van der Waals surface area contributed by atoms with Crippen LogP contribution in [0.5, 0.6) is 0 Å². The molecule has 4 nitrogen and oxygen atoms in total. The third-order valence-electron chi connectivity index (χ3n) is 8.69. The van der Waals surface area contributed by atoms with Crippen LogP contribution >= 0.6 is 0 Å². The highest BCUT2D eigenvalue weighted by molar-refractivity contribution is 6.13. The van der Waals surface area contributed by atoms with Crippen molar-refractivity contribution in [2.45, 2.75) is 0 Å². The molecule has 0 fully saturated rings. The van der Waals surface area contributed by atoms with Crippen molar-refractivity contribution in [2.75, 3.05) is 0 Å². The maximum Gasteiger partial charge on any atom is 0.145 e. The highest BCUT2D eigenvalue weighted by Crippen LogP contribution is 2.37. The largest absolute Gasteiger partial charge is 0.294 e. The Balaban J connectivity index is 1.23. The summed E-state index contributed by atoms with van der Waals surface area (Å²) in [5.41, 5.74) is 9.09. The molecule has 210 valence electrons. The predicted molar refractivity (Wildman–Crippen MR) is 185 cm³/mol. The molecule has 0 aliphatic carbocycles. The van der Waals surface area contributed by atoms with Crippen LogP contribution in [0.25, 0.3) is 82.9 Å².